The summed E-state index contributed by atoms with van der Waals surface area (Å²) in [6.07, 6.45) is 14.3. The molecular formula is C27H50O4. The van der Waals surface area contributed by atoms with Crippen LogP contribution in [0.15, 0.2) is 11.1 Å². The van der Waals surface area contributed by atoms with Crippen molar-refractivity contribution in [2.24, 2.45) is 11.8 Å². The number of hydrogen-bond acceptors (Lipinski definition) is 4. The van der Waals surface area contributed by atoms with Gasteiger partial charge in [-0.3, -0.25) is 0 Å². The lowest BCUT2D eigenvalue weighted by atomic mass is 9.91. The summed E-state index contributed by atoms with van der Waals surface area (Å²) in [5.41, 5.74) is 0.997. The molecule has 4 nitrogen and oxygen atoms in total. The maximum Gasteiger partial charge on any atom is 0.334 e. The number of unbranched alkanes of at least 4 members (excludes halogenated alkanes) is 10. The smallest absolute Gasteiger partial charge is 0.334 e. The third-order valence-electron chi connectivity index (χ3n) is 5.44. The van der Waals surface area contributed by atoms with Crippen LogP contribution in [0.4, 0.5) is 0 Å². The molecule has 0 unspecified atom stereocenters. The van der Waals surface area contributed by atoms with Crippen LogP contribution in [-0.2, 0) is 19.1 Å². The molecule has 0 aromatic rings. The van der Waals surface area contributed by atoms with Crippen molar-refractivity contribution in [3.05, 3.63) is 11.1 Å². The second kappa shape index (κ2) is 19.4. The van der Waals surface area contributed by atoms with Gasteiger partial charge in [-0.15, -0.1) is 0 Å². The number of carbonyl (C=O) groups is 2. The predicted octanol–water partition coefficient (Wildman–Crippen LogP) is 7.79. The monoisotopic (exact) mass is 438 g/mol. The van der Waals surface area contributed by atoms with Crippen LogP contribution in [0.1, 0.15) is 125 Å². The summed E-state index contributed by atoms with van der Waals surface area (Å²) in [6.45, 7) is 13.3. The highest BCUT2D eigenvalue weighted by Gasteiger charge is 2.26. The van der Waals surface area contributed by atoms with Crippen molar-refractivity contribution in [1.29, 1.82) is 0 Å². The minimum atomic E-state index is -0.351. The molecule has 0 bridgehead atoms. The van der Waals surface area contributed by atoms with Gasteiger partial charge < -0.3 is 9.47 Å². The zero-order valence-corrected chi connectivity index (χ0v) is 21.4. The number of carbonyl (C=O) groups excluding carboxylic acids is 2. The molecule has 0 atom stereocenters. The molecule has 4 heteroatoms. The second-order valence-corrected chi connectivity index (χ2v) is 9.45. The van der Waals surface area contributed by atoms with E-state index in [1.165, 1.54) is 51.4 Å². The third-order valence-corrected chi connectivity index (χ3v) is 5.44. The van der Waals surface area contributed by atoms with Crippen molar-refractivity contribution in [3.8, 4) is 0 Å². The van der Waals surface area contributed by atoms with Crippen molar-refractivity contribution in [1.82, 2.24) is 0 Å². The van der Waals surface area contributed by atoms with Crippen LogP contribution in [0.5, 0.6) is 0 Å². The summed E-state index contributed by atoms with van der Waals surface area (Å²) < 4.78 is 11.1. The Kier molecular flexibility index (Phi) is 18.5. The number of rotatable bonds is 19. The Bertz CT molecular complexity index is 505. The van der Waals surface area contributed by atoms with Crippen molar-refractivity contribution < 1.29 is 19.1 Å². The topological polar surface area (TPSA) is 52.6 Å². The first-order valence-electron chi connectivity index (χ1n) is 12.9. The van der Waals surface area contributed by atoms with Crippen LogP contribution in [0, 0.1) is 11.8 Å². The highest BCUT2D eigenvalue weighted by atomic mass is 16.5. The molecule has 0 heterocycles. The quantitative estimate of drug-likeness (QED) is 0.117. The van der Waals surface area contributed by atoms with E-state index < -0.39 is 0 Å². The van der Waals surface area contributed by atoms with Crippen molar-refractivity contribution in [2.75, 3.05) is 13.2 Å². The van der Waals surface area contributed by atoms with E-state index in [1.54, 1.807) is 0 Å². The maximum atomic E-state index is 12.9. The van der Waals surface area contributed by atoms with E-state index in [-0.39, 0.29) is 23.8 Å². The summed E-state index contributed by atoms with van der Waals surface area (Å²) >= 11 is 0. The fourth-order valence-electron chi connectivity index (χ4n) is 3.68. The Morgan fingerprint density at radius 1 is 0.613 bits per heavy atom. The van der Waals surface area contributed by atoms with Gasteiger partial charge >= 0.3 is 11.9 Å². The first kappa shape index (κ1) is 29.7. The minimum Gasteiger partial charge on any atom is -0.462 e. The molecule has 0 radical (unpaired) electrons. The van der Waals surface area contributed by atoms with Crippen LogP contribution >= 0.6 is 0 Å². The van der Waals surface area contributed by atoms with Gasteiger partial charge in [-0.25, -0.2) is 9.59 Å². The SMILES string of the molecule is CCCCCCCCOC(=O)/C(CC(C)C)=C(\C(=O)OCCCCCCCC)C(C)C. The molecule has 0 aromatic heterocycles. The molecule has 0 saturated heterocycles. The van der Waals surface area contributed by atoms with Gasteiger partial charge in [0.05, 0.1) is 18.8 Å². The van der Waals surface area contributed by atoms with Crippen molar-refractivity contribution in [2.45, 2.75) is 125 Å². The highest BCUT2D eigenvalue weighted by Crippen LogP contribution is 2.24. The summed E-state index contributed by atoms with van der Waals surface area (Å²) in [7, 11) is 0. The van der Waals surface area contributed by atoms with Gasteiger partial charge in [0.15, 0.2) is 0 Å². The molecule has 0 N–H and O–H groups in total. The molecule has 0 saturated carbocycles. The molecular weight excluding hydrogens is 388 g/mol. The summed E-state index contributed by atoms with van der Waals surface area (Å²) in [6, 6.07) is 0. The molecule has 0 rings (SSSR count). The van der Waals surface area contributed by atoms with E-state index in [4.69, 9.17) is 9.47 Å². The molecule has 0 aromatic carbocycles. The molecule has 0 aliphatic rings. The molecule has 0 amide bonds. The Morgan fingerprint density at radius 2 is 1.03 bits per heavy atom. The van der Waals surface area contributed by atoms with Crippen LogP contribution < -0.4 is 0 Å². The standard InChI is InChI=1S/C27H50O4/c1-7-9-11-13-15-17-19-30-26(28)24(21-22(3)4)25(23(5)6)27(29)31-20-18-16-14-12-10-8-2/h22-23H,7-21H2,1-6H3/b25-24-. The molecule has 0 aliphatic heterocycles. The highest BCUT2D eigenvalue weighted by molar-refractivity contribution is 6.00. The summed E-state index contributed by atoms with van der Waals surface area (Å²) in [4.78, 5) is 25.7. The van der Waals surface area contributed by atoms with Gasteiger partial charge in [0.1, 0.15) is 0 Å². The number of esters is 2. The molecule has 0 fully saturated rings. The van der Waals surface area contributed by atoms with Crippen LogP contribution in [0.3, 0.4) is 0 Å². The van der Waals surface area contributed by atoms with Gasteiger partial charge in [-0.2, -0.15) is 0 Å². The number of ether oxygens (including phenoxy) is 2. The second-order valence-electron chi connectivity index (χ2n) is 9.45. The van der Waals surface area contributed by atoms with E-state index in [0.717, 1.165) is 25.7 Å². The van der Waals surface area contributed by atoms with Gasteiger partial charge in [-0.1, -0.05) is 106 Å². The van der Waals surface area contributed by atoms with E-state index >= 15 is 0 Å². The fraction of sp³-hybridized carbons (Fsp3) is 0.852. The zero-order valence-electron chi connectivity index (χ0n) is 21.4. The Labute approximate surface area is 192 Å². The van der Waals surface area contributed by atoms with Crippen LogP contribution in [0.25, 0.3) is 0 Å². The molecule has 0 spiro atoms. The molecule has 31 heavy (non-hydrogen) atoms. The Hall–Kier alpha value is -1.32. The molecule has 182 valence electrons. The average Bonchev–Trinajstić information content (AvgIpc) is 2.71. The first-order chi connectivity index (χ1) is 14.8. The lowest BCUT2D eigenvalue weighted by Gasteiger charge is -2.18. The van der Waals surface area contributed by atoms with E-state index in [9.17, 15) is 9.59 Å². The first-order valence-corrected chi connectivity index (χ1v) is 12.9. The Balaban J connectivity index is 4.84. The lowest BCUT2D eigenvalue weighted by Crippen LogP contribution is -2.21. The predicted molar refractivity (Wildman–Crippen MR) is 130 cm³/mol. The average molecular weight is 439 g/mol. The third kappa shape index (κ3) is 15.2. The van der Waals surface area contributed by atoms with E-state index in [0.29, 0.717) is 30.8 Å². The van der Waals surface area contributed by atoms with Gasteiger partial charge in [-0.05, 0) is 31.1 Å². The van der Waals surface area contributed by atoms with Gasteiger partial charge in [0.2, 0.25) is 0 Å². The maximum absolute atomic E-state index is 12.9. The summed E-state index contributed by atoms with van der Waals surface area (Å²) in [5, 5.41) is 0. The minimum absolute atomic E-state index is 0.0765. The normalized spacial score (nSPS) is 12.3. The molecule has 0 aliphatic carbocycles. The van der Waals surface area contributed by atoms with Crippen molar-refractivity contribution in [3.63, 3.8) is 0 Å². The van der Waals surface area contributed by atoms with Gasteiger partial charge in [0.25, 0.3) is 0 Å². The number of hydrogen-bond donors (Lipinski definition) is 0. The van der Waals surface area contributed by atoms with Crippen LogP contribution in [0.2, 0.25) is 0 Å². The zero-order chi connectivity index (χ0) is 23.5. The van der Waals surface area contributed by atoms with Gasteiger partial charge in [0, 0.05) is 5.57 Å². The Morgan fingerprint density at radius 3 is 1.45 bits per heavy atom. The lowest BCUT2D eigenvalue weighted by molar-refractivity contribution is -0.143. The van der Waals surface area contributed by atoms with E-state index in [1.807, 2.05) is 13.8 Å². The van der Waals surface area contributed by atoms with E-state index in [2.05, 4.69) is 27.7 Å². The fourth-order valence-corrected chi connectivity index (χ4v) is 3.68. The largest absolute Gasteiger partial charge is 0.462 e. The van der Waals surface area contributed by atoms with Crippen molar-refractivity contribution >= 4 is 11.9 Å². The van der Waals surface area contributed by atoms with Crippen LogP contribution in [-0.4, -0.2) is 25.2 Å². The summed E-state index contributed by atoms with van der Waals surface area (Å²) in [5.74, 6) is -0.512.